The Morgan fingerprint density at radius 1 is 0.533 bits per heavy atom. The Kier molecular flexibility index (Phi) is 6.36. The fraction of sp³-hybridized carbons (Fsp3) is 0.107. The van der Waals surface area contributed by atoms with Crippen molar-refractivity contribution < 1.29 is 4.84 Å². The zero-order valence-corrected chi connectivity index (χ0v) is 17.2. The van der Waals surface area contributed by atoms with Gasteiger partial charge in [0.25, 0.3) is 0 Å². The Morgan fingerprint density at radius 2 is 0.900 bits per heavy atom. The van der Waals surface area contributed by atoms with Crippen molar-refractivity contribution in [3.8, 4) is 22.3 Å². The van der Waals surface area contributed by atoms with Gasteiger partial charge in [-0.2, -0.15) is 0 Å². The van der Waals surface area contributed by atoms with Gasteiger partial charge in [-0.05, 0) is 33.4 Å². The van der Waals surface area contributed by atoms with Gasteiger partial charge in [0.05, 0.1) is 5.71 Å². The SMILES string of the molecule is CON=C(Cc1ccc(-c2ccccc2)cc1)Cc1ccc(-c2ccccc2)cc1. The van der Waals surface area contributed by atoms with Gasteiger partial charge in [0.1, 0.15) is 7.11 Å². The molecule has 0 fully saturated rings. The van der Waals surface area contributed by atoms with Crippen molar-refractivity contribution in [2.24, 2.45) is 5.16 Å². The fourth-order valence-corrected chi connectivity index (χ4v) is 3.62. The number of rotatable bonds is 7. The van der Waals surface area contributed by atoms with Crippen LogP contribution in [-0.2, 0) is 17.7 Å². The lowest BCUT2D eigenvalue weighted by atomic mass is 9.98. The van der Waals surface area contributed by atoms with Crippen molar-refractivity contribution in [1.82, 2.24) is 0 Å². The Hall–Kier alpha value is -3.65. The summed E-state index contributed by atoms with van der Waals surface area (Å²) in [4.78, 5) is 5.12. The predicted octanol–water partition coefficient (Wildman–Crippen LogP) is 6.81. The average molecular weight is 392 g/mol. The minimum atomic E-state index is 0.767. The van der Waals surface area contributed by atoms with Gasteiger partial charge in [-0.1, -0.05) is 114 Å². The van der Waals surface area contributed by atoms with Gasteiger partial charge in [-0.15, -0.1) is 0 Å². The summed E-state index contributed by atoms with van der Waals surface area (Å²) >= 11 is 0. The summed E-state index contributed by atoms with van der Waals surface area (Å²) in [6.45, 7) is 0. The molecule has 4 rings (SSSR count). The molecule has 4 aromatic rings. The molecular weight excluding hydrogens is 366 g/mol. The molecule has 0 aliphatic carbocycles. The lowest BCUT2D eigenvalue weighted by Gasteiger charge is -2.09. The maximum absolute atomic E-state index is 5.12. The van der Waals surface area contributed by atoms with Gasteiger partial charge < -0.3 is 4.84 Å². The smallest absolute Gasteiger partial charge is 0.106 e. The third-order valence-electron chi connectivity index (χ3n) is 5.16. The molecule has 0 spiro atoms. The summed E-state index contributed by atoms with van der Waals surface area (Å²) in [5.41, 5.74) is 8.37. The van der Waals surface area contributed by atoms with Crippen molar-refractivity contribution >= 4 is 5.71 Å². The first-order chi connectivity index (χ1) is 14.8. The van der Waals surface area contributed by atoms with Crippen LogP contribution in [-0.4, -0.2) is 12.8 Å². The molecule has 0 aliphatic heterocycles. The van der Waals surface area contributed by atoms with E-state index in [1.54, 1.807) is 7.11 Å². The first-order valence-electron chi connectivity index (χ1n) is 10.2. The molecule has 30 heavy (non-hydrogen) atoms. The van der Waals surface area contributed by atoms with Crippen molar-refractivity contribution in [3.05, 3.63) is 120 Å². The number of hydrogen-bond donors (Lipinski definition) is 0. The molecule has 2 nitrogen and oxygen atoms in total. The number of hydrogen-bond acceptors (Lipinski definition) is 2. The first-order valence-corrected chi connectivity index (χ1v) is 10.2. The second-order valence-corrected chi connectivity index (χ2v) is 7.32. The lowest BCUT2D eigenvalue weighted by Crippen LogP contribution is -2.08. The molecule has 2 heteroatoms. The van der Waals surface area contributed by atoms with Crippen LogP contribution < -0.4 is 0 Å². The normalized spacial score (nSPS) is 10.4. The molecule has 0 radical (unpaired) electrons. The maximum atomic E-state index is 5.12. The molecule has 0 bridgehead atoms. The van der Waals surface area contributed by atoms with Crippen LogP contribution in [0.2, 0.25) is 0 Å². The van der Waals surface area contributed by atoms with E-state index in [2.05, 4.69) is 102 Å². The fourth-order valence-electron chi connectivity index (χ4n) is 3.62. The van der Waals surface area contributed by atoms with E-state index >= 15 is 0 Å². The molecule has 0 saturated carbocycles. The van der Waals surface area contributed by atoms with Crippen LogP contribution in [0.3, 0.4) is 0 Å². The van der Waals surface area contributed by atoms with Gasteiger partial charge in [0, 0.05) is 12.8 Å². The Labute approximate surface area is 178 Å². The van der Waals surface area contributed by atoms with E-state index in [0.717, 1.165) is 18.6 Å². The topological polar surface area (TPSA) is 21.6 Å². The summed E-state index contributed by atoms with van der Waals surface area (Å²) in [6.07, 6.45) is 1.53. The molecule has 0 amide bonds. The lowest BCUT2D eigenvalue weighted by molar-refractivity contribution is 0.212. The molecule has 0 N–H and O–H groups in total. The van der Waals surface area contributed by atoms with Crippen LogP contribution in [0.15, 0.2) is 114 Å². The molecule has 0 saturated heterocycles. The highest BCUT2D eigenvalue weighted by atomic mass is 16.6. The summed E-state index contributed by atoms with van der Waals surface area (Å²) in [5, 5.41) is 4.29. The average Bonchev–Trinajstić information content (AvgIpc) is 2.81. The van der Waals surface area contributed by atoms with E-state index in [0.29, 0.717) is 0 Å². The highest BCUT2D eigenvalue weighted by Crippen LogP contribution is 2.21. The second kappa shape index (κ2) is 9.71. The van der Waals surface area contributed by atoms with Crippen molar-refractivity contribution in [2.45, 2.75) is 12.8 Å². The van der Waals surface area contributed by atoms with Crippen LogP contribution in [0.4, 0.5) is 0 Å². The molecule has 4 aromatic carbocycles. The summed E-state index contributed by atoms with van der Waals surface area (Å²) in [7, 11) is 1.61. The van der Waals surface area contributed by atoms with Gasteiger partial charge in [0.15, 0.2) is 0 Å². The number of benzene rings is 4. The zero-order chi connectivity index (χ0) is 20.6. The van der Waals surface area contributed by atoms with Gasteiger partial charge in [-0.3, -0.25) is 0 Å². The highest BCUT2D eigenvalue weighted by molar-refractivity contribution is 5.88. The van der Waals surface area contributed by atoms with Crippen LogP contribution in [0.25, 0.3) is 22.3 Å². The van der Waals surface area contributed by atoms with E-state index in [1.165, 1.54) is 33.4 Å². The van der Waals surface area contributed by atoms with E-state index in [1.807, 2.05) is 12.1 Å². The minimum absolute atomic E-state index is 0.767. The largest absolute Gasteiger partial charge is 0.399 e. The molecule has 0 atom stereocenters. The highest BCUT2D eigenvalue weighted by Gasteiger charge is 2.07. The van der Waals surface area contributed by atoms with Crippen molar-refractivity contribution in [1.29, 1.82) is 0 Å². The van der Waals surface area contributed by atoms with Crippen molar-refractivity contribution in [3.63, 3.8) is 0 Å². The van der Waals surface area contributed by atoms with E-state index < -0.39 is 0 Å². The summed E-state index contributed by atoms with van der Waals surface area (Å²) < 4.78 is 0. The predicted molar refractivity (Wildman–Crippen MR) is 126 cm³/mol. The van der Waals surface area contributed by atoms with Gasteiger partial charge in [-0.25, -0.2) is 0 Å². The molecule has 0 aliphatic rings. The molecular formula is C28H25NO. The quantitative estimate of drug-likeness (QED) is 0.250. The van der Waals surface area contributed by atoms with Gasteiger partial charge >= 0.3 is 0 Å². The minimum Gasteiger partial charge on any atom is -0.399 e. The number of nitrogens with zero attached hydrogens (tertiary/aromatic N) is 1. The number of oxime groups is 1. The van der Waals surface area contributed by atoms with Crippen LogP contribution in [0.5, 0.6) is 0 Å². The van der Waals surface area contributed by atoms with Crippen LogP contribution >= 0.6 is 0 Å². The Bertz CT molecular complexity index is 996. The zero-order valence-electron chi connectivity index (χ0n) is 17.2. The maximum Gasteiger partial charge on any atom is 0.106 e. The van der Waals surface area contributed by atoms with E-state index in [4.69, 9.17) is 4.84 Å². The van der Waals surface area contributed by atoms with Gasteiger partial charge in [0.2, 0.25) is 0 Å². The summed E-state index contributed by atoms with van der Waals surface area (Å²) in [5.74, 6) is 0. The van der Waals surface area contributed by atoms with Crippen LogP contribution in [0, 0.1) is 0 Å². The molecule has 0 heterocycles. The first kappa shape index (κ1) is 19.7. The monoisotopic (exact) mass is 391 g/mol. The van der Waals surface area contributed by atoms with Crippen LogP contribution in [0.1, 0.15) is 11.1 Å². The molecule has 0 unspecified atom stereocenters. The second-order valence-electron chi connectivity index (χ2n) is 7.32. The Morgan fingerprint density at radius 3 is 1.27 bits per heavy atom. The van der Waals surface area contributed by atoms with E-state index in [9.17, 15) is 0 Å². The third-order valence-corrected chi connectivity index (χ3v) is 5.16. The molecule has 0 aromatic heterocycles. The Balaban J connectivity index is 1.45. The summed E-state index contributed by atoms with van der Waals surface area (Å²) in [6, 6.07) is 38.2. The third kappa shape index (κ3) is 5.03. The molecule has 148 valence electrons. The van der Waals surface area contributed by atoms with Crippen molar-refractivity contribution in [2.75, 3.05) is 7.11 Å². The van der Waals surface area contributed by atoms with E-state index in [-0.39, 0.29) is 0 Å². The standard InChI is InChI=1S/C28H25NO/c1-30-29-28(20-22-12-16-26(17-13-22)24-8-4-2-5-9-24)21-23-14-18-27(19-15-23)25-10-6-3-7-11-25/h2-19H,20-21H2,1H3.